The van der Waals surface area contributed by atoms with Crippen molar-refractivity contribution in [1.82, 2.24) is 10.2 Å². The smallest absolute Gasteiger partial charge is 0.408 e. The first-order valence-corrected chi connectivity index (χ1v) is 6.69. The molecule has 0 aliphatic carbocycles. The molecule has 0 unspecified atom stereocenters. The van der Waals surface area contributed by atoms with Gasteiger partial charge >= 0.3 is 18.0 Å². The molecular weight excluding hydrogens is 296 g/mol. The van der Waals surface area contributed by atoms with Crippen molar-refractivity contribution in [2.45, 2.75) is 39.2 Å². The van der Waals surface area contributed by atoms with Gasteiger partial charge in [-0.2, -0.15) is 0 Å². The summed E-state index contributed by atoms with van der Waals surface area (Å²) in [4.78, 5) is 45.5. The van der Waals surface area contributed by atoms with Gasteiger partial charge in [-0.3, -0.25) is 14.4 Å². The quantitative estimate of drug-likeness (QED) is 0.585. The average molecular weight is 318 g/mol. The number of carboxylic acids is 2. The number of carboxylic acid groups (broad SMARTS) is 2. The average Bonchev–Trinajstić information content (AvgIpc) is 2.33. The number of nitrogens with one attached hydrogen (secondary N) is 1. The Morgan fingerprint density at radius 1 is 1.00 bits per heavy atom. The van der Waals surface area contributed by atoms with Gasteiger partial charge in [-0.15, -0.1) is 0 Å². The summed E-state index contributed by atoms with van der Waals surface area (Å²) in [6.45, 7) is 4.35. The first-order valence-electron chi connectivity index (χ1n) is 6.69. The van der Waals surface area contributed by atoms with Crippen LogP contribution in [0.25, 0.3) is 0 Å². The lowest BCUT2D eigenvalue weighted by atomic mass is 10.2. The van der Waals surface area contributed by atoms with E-state index in [9.17, 15) is 19.2 Å². The first kappa shape index (κ1) is 19.7. The van der Waals surface area contributed by atoms with E-state index in [0.717, 1.165) is 4.90 Å². The van der Waals surface area contributed by atoms with Gasteiger partial charge in [0.15, 0.2) is 0 Å². The number of hydrogen-bond donors (Lipinski definition) is 3. The highest BCUT2D eigenvalue weighted by atomic mass is 16.6. The van der Waals surface area contributed by atoms with Crippen LogP contribution >= 0.6 is 0 Å². The molecule has 0 aromatic carbocycles. The molecule has 0 saturated carbocycles. The summed E-state index contributed by atoms with van der Waals surface area (Å²) in [5, 5.41) is 19.5. The van der Waals surface area contributed by atoms with E-state index in [2.05, 4.69) is 5.32 Å². The summed E-state index contributed by atoms with van der Waals surface area (Å²) in [7, 11) is 0. The molecule has 0 aliphatic rings. The third-order valence-corrected chi connectivity index (χ3v) is 2.33. The minimum absolute atomic E-state index is 0.128. The zero-order chi connectivity index (χ0) is 17.3. The molecule has 0 aromatic heterocycles. The molecule has 0 heterocycles. The van der Waals surface area contributed by atoms with Gasteiger partial charge in [0.1, 0.15) is 12.1 Å². The molecule has 0 fully saturated rings. The Labute approximate surface area is 128 Å². The number of carbonyl (C=O) groups excluding carboxylic acids is 2. The molecule has 3 N–H and O–H groups in total. The highest BCUT2D eigenvalue weighted by Gasteiger charge is 2.19. The lowest BCUT2D eigenvalue weighted by Crippen LogP contribution is -2.43. The van der Waals surface area contributed by atoms with Gasteiger partial charge in [-0.05, 0) is 20.8 Å². The van der Waals surface area contributed by atoms with E-state index in [1.54, 1.807) is 20.8 Å². The van der Waals surface area contributed by atoms with Crippen LogP contribution in [0, 0.1) is 0 Å². The van der Waals surface area contributed by atoms with E-state index in [0.29, 0.717) is 0 Å². The fourth-order valence-corrected chi connectivity index (χ4v) is 1.40. The van der Waals surface area contributed by atoms with Gasteiger partial charge in [-0.25, -0.2) is 4.79 Å². The third-order valence-electron chi connectivity index (χ3n) is 2.33. The predicted molar refractivity (Wildman–Crippen MR) is 75.3 cm³/mol. The number of aliphatic carboxylic acids is 2. The van der Waals surface area contributed by atoms with Gasteiger partial charge in [0.05, 0.1) is 12.8 Å². The van der Waals surface area contributed by atoms with Crippen LogP contribution in [0.15, 0.2) is 0 Å². The Kier molecular flexibility index (Phi) is 7.92. The molecule has 9 heteroatoms. The zero-order valence-corrected chi connectivity index (χ0v) is 12.9. The summed E-state index contributed by atoms with van der Waals surface area (Å²) < 4.78 is 4.96. The highest BCUT2D eigenvalue weighted by Crippen LogP contribution is 2.06. The van der Waals surface area contributed by atoms with E-state index in [1.165, 1.54) is 0 Å². The van der Waals surface area contributed by atoms with Gasteiger partial charge in [-0.1, -0.05) is 0 Å². The molecule has 0 aliphatic heterocycles. The molecular formula is C13H22N2O7. The fraction of sp³-hybridized carbons (Fsp3) is 0.692. The Morgan fingerprint density at radius 2 is 1.45 bits per heavy atom. The molecule has 0 bridgehead atoms. The van der Waals surface area contributed by atoms with Gasteiger partial charge < -0.3 is 25.2 Å². The standard InChI is InChI=1S/C13H22N2O7/c1-13(2,3)22-12(21)14-8-9(16)15(6-4-10(17)18)7-5-11(19)20/h4-8H2,1-3H3,(H,14,21)(H,17,18)(H,19,20). The highest BCUT2D eigenvalue weighted by molar-refractivity contribution is 5.83. The summed E-state index contributed by atoms with van der Waals surface area (Å²) in [6, 6.07) is 0. The molecule has 22 heavy (non-hydrogen) atoms. The molecule has 0 radical (unpaired) electrons. The van der Waals surface area contributed by atoms with E-state index in [4.69, 9.17) is 14.9 Å². The maximum atomic E-state index is 11.9. The van der Waals surface area contributed by atoms with Crippen molar-refractivity contribution in [2.75, 3.05) is 19.6 Å². The lowest BCUT2D eigenvalue weighted by Gasteiger charge is -2.23. The number of nitrogens with zero attached hydrogens (tertiary/aromatic N) is 1. The van der Waals surface area contributed by atoms with Gasteiger partial charge in [0.2, 0.25) is 5.91 Å². The van der Waals surface area contributed by atoms with E-state index in [-0.39, 0.29) is 25.9 Å². The summed E-state index contributed by atoms with van der Waals surface area (Å²) in [5.74, 6) is -2.78. The number of alkyl carbamates (subject to hydrolysis) is 1. The van der Waals surface area contributed by atoms with Crippen LogP contribution in [0.4, 0.5) is 4.79 Å². The first-order chi connectivity index (χ1) is 10.0. The minimum atomic E-state index is -1.10. The molecule has 0 aromatic rings. The Bertz CT molecular complexity index is 411. The maximum Gasteiger partial charge on any atom is 0.408 e. The van der Waals surface area contributed by atoms with Gasteiger partial charge in [0.25, 0.3) is 0 Å². The molecule has 9 nitrogen and oxygen atoms in total. The molecule has 0 atom stereocenters. The van der Waals surface area contributed by atoms with Crippen molar-refractivity contribution in [3.63, 3.8) is 0 Å². The second kappa shape index (κ2) is 8.85. The van der Waals surface area contributed by atoms with Gasteiger partial charge in [0, 0.05) is 13.1 Å². The van der Waals surface area contributed by atoms with E-state index >= 15 is 0 Å². The molecule has 126 valence electrons. The number of hydrogen-bond acceptors (Lipinski definition) is 5. The van der Waals surface area contributed by atoms with Crippen molar-refractivity contribution in [2.24, 2.45) is 0 Å². The van der Waals surface area contributed by atoms with Crippen molar-refractivity contribution in [3.05, 3.63) is 0 Å². The second-order valence-electron chi connectivity index (χ2n) is 5.52. The SMILES string of the molecule is CC(C)(C)OC(=O)NCC(=O)N(CCC(=O)O)CCC(=O)O. The topological polar surface area (TPSA) is 133 Å². The van der Waals surface area contributed by atoms with E-state index in [1.807, 2.05) is 0 Å². The molecule has 0 spiro atoms. The van der Waals surface area contributed by atoms with Crippen LogP contribution in [0.2, 0.25) is 0 Å². The Hall–Kier alpha value is -2.32. The zero-order valence-electron chi connectivity index (χ0n) is 12.9. The third kappa shape index (κ3) is 10.5. The van der Waals surface area contributed by atoms with Crippen LogP contribution in [0.1, 0.15) is 33.6 Å². The minimum Gasteiger partial charge on any atom is -0.481 e. The summed E-state index contributed by atoms with van der Waals surface area (Å²) in [5.41, 5.74) is -0.709. The summed E-state index contributed by atoms with van der Waals surface area (Å²) >= 11 is 0. The molecule has 2 amide bonds. The number of ether oxygens (including phenoxy) is 1. The monoisotopic (exact) mass is 318 g/mol. The van der Waals surface area contributed by atoms with Crippen molar-refractivity contribution >= 4 is 23.9 Å². The number of amides is 2. The lowest BCUT2D eigenvalue weighted by molar-refractivity contribution is -0.139. The Balaban J connectivity index is 4.44. The van der Waals surface area contributed by atoms with Crippen LogP contribution < -0.4 is 5.32 Å². The van der Waals surface area contributed by atoms with E-state index < -0.39 is 36.1 Å². The van der Waals surface area contributed by atoms with Crippen LogP contribution in [-0.2, 0) is 19.1 Å². The van der Waals surface area contributed by atoms with Crippen molar-refractivity contribution < 1.29 is 34.1 Å². The maximum absolute atomic E-state index is 11.9. The number of carbonyl (C=O) groups is 4. The predicted octanol–water partition coefficient (Wildman–Crippen LogP) is 0.289. The fourth-order valence-electron chi connectivity index (χ4n) is 1.40. The summed E-state index contributed by atoms with van der Waals surface area (Å²) in [6.07, 6.45) is -1.40. The van der Waals surface area contributed by atoms with Crippen molar-refractivity contribution in [3.8, 4) is 0 Å². The second-order valence-corrected chi connectivity index (χ2v) is 5.52. The Morgan fingerprint density at radius 3 is 1.82 bits per heavy atom. The number of rotatable bonds is 8. The van der Waals surface area contributed by atoms with Crippen LogP contribution in [0.3, 0.4) is 0 Å². The van der Waals surface area contributed by atoms with Crippen molar-refractivity contribution in [1.29, 1.82) is 0 Å². The molecule has 0 rings (SSSR count). The largest absolute Gasteiger partial charge is 0.481 e. The van der Waals surface area contributed by atoms with Crippen LogP contribution in [0.5, 0.6) is 0 Å². The van der Waals surface area contributed by atoms with Crippen LogP contribution in [-0.4, -0.2) is 64.3 Å². The molecule has 0 saturated heterocycles. The normalized spacial score (nSPS) is 10.7.